The lowest BCUT2D eigenvalue weighted by Gasteiger charge is -2.21. The molecule has 0 aliphatic rings. The average Bonchev–Trinajstić information content (AvgIpc) is 0.986. The number of phosphoric acid groups is 2. The third kappa shape index (κ3) is 69.7. The Kier molecular flexibility index (Phi) is 67.2. The van der Waals surface area contributed by atoms with Crippen LogP contribution in [0, 0.1) is 0 Å². The number of phosphoric ester groups is 2. The molecule has 0 bridgehead atoms. The monoisotopic (exact) mass is 1410 g/mol. The summed E-state index contributed by atoms with van der Waals surface area (Å²) in [7, 11) is -9.97. The van der Waals surface area contributed by atoms with Gasteiger partial charge in [-0.05, 0) is 148 Å². The molecule has 0 fully saturated rings. The van der Waals surface area contributed by atoms with E-state index in [0.717, 1.165) is 193 Å². The normalized spacial score (nSPS) is 14.7. The Bertz CT molecular complexity index is 2380. The van der Waals surface area contributed by atoms with Crippen molar-refractivity contribution in [2.24, 2.45) is 0 Å². The van der Waals surface area contributed by atoms with Gasteiger partial charge in [0.05, 0.1) is 26.4 Å². The molecule has 0 saturated carbocycles. The summed E-state index contributed by atoms with van der Waals surface area (Å²) in [5, 5.41) is 10.6. The van der Waals surface area contributed by atoms with Gasteiger partial charge in [-0.2, -0.15) is 0 Å². The predicted molar refractivity (Wildman–Crippen MR) is 399 cm³/mol. The summed E-state index contributed by atoms with van der Waals surface area (Å²) >= 11 is 0. The maximum Gasteiger partial charge on any atom is 0.472 e. The Balaban J connectivity index is 5.38. The maximum atomic E-state index is 13.1. The molecule has 5 unspecified atom stereocenters. The van der Waals surface area contributed by atoms with Gasteiger partial charge in [0, 0.05) is 25.7 Å². The lowest BCUT2D eigenvalue weighted by atomic mass is 10.1. The molecule has 560 valence electrons. The maximum absolute atomic E-state index is 13.1. The lowest BCUT2D eigenvalue weighted by Crippen LogP contribution is -2.30. The third-order valence-corrected chi connectivity index (χ3v) is 17.0. The van der Waals surface area contributed by atoms with Gasteiger partial charge in [-0.3, -0.25) is 37.3 Å². The number of rotatable bonds is 69. The minimum Gasteiger partial charge on any atom is -0.462 e. The van der Waals surface area contributed by atoms with Gasteiger partial charge in [0.1, 0.15) is 19.3 Å². The average molecular weight is 1420 g/mol. The summed E-state index contributed by atoms with van der Waals surface area (Å²) in [6.07, 6.45) is 77.4. The van der Waals surface area contributed by atoms with Crippen LogP contribution >= 0.6 is 15.6 Å². The van der Waals surface area contributed by atoms with E-state index in [-0.39, 0.29) is 25.7 Å². The molecule has 3 N–H and O–H groups in total. The summed E-state index contributed by atoms with van der Waals surface area (Å²) in [5.74, 6) is -2.25. The third-order valence-electron chi connectivity index (χ3n) is 15.1. The SMILES string of the molecule is CC/C=C\C/C=C\C/C=C\C/C=C\CCCCCCC(=O)OCC(COP(=O)(O)OCC(O)COP(=O)(O)OCC(COC(=O)CCCCCCC/C=C\C/C=C\C/C=C\CC)OC(=O)CCCCCCC/C=C\C/C=C\C/C=C\CC)OC(=O)CCCCCCC/C=C\CCCC. The van der Waals surface area contributed by atoms with Gasteiger partial charge in [-0.25, -0.2) is 9.13 Å². The number of ether oxygens (including phenoxy) is 4. The highest BCUT2D eigenvalue weighted by atomic mass is 31.2. The van der Waals surface area contributed by atoms with Gasteiger partial charge < -0.3 is 33.8 Å². The molecule has 5 atom stereocenters. The van der Waals surface area contributed by atoms with Crippen LogP contribution in [0.2, 0.25) is 0 Å². The second-order valence-corrected chi connectivity index (χ2v) is 27.3. The lowest BCUT2D eigenvalue weighted by molar-refractivity contribution is -0.161. The number of hydrogen-bond acceptors (Lipinski definition) is 15. The zero-order chi connectivity index (χ0) is 71.8. The highest BCUT2D eigenvalue weighted by Crippen LogP contribution is 2.45. The van der Waals surface area contributed by atoms with Crippen molar-refractivity contribution in [3.63, 3.8) is 0 Å². The fourth-order valence-electron chi connectivity index (χ4n) is 9.45. The largest absolute Gasteiger partial charge is 0.472 e. The number of carbonyl (C=O) groups excluding carboxylic acids is 4. The Labute approximate surface area is 593 Å². The molecule has 0 aromatic rings. The molecule has 98 heavy (non-hydrogen) atoms. The molecule has 0 aliphatic heterocycles. The number of carbonyl (C=O) groups is 4. The number of esters is 4. The van der Waals surface area contributed by atoms with Gasteiger partial charge in [0.25, 0.3) is 0 Å². The van der Waals surface area contributed by atoms with E-state index in [1.807, 2.05) is 0 Å². The molecular weight excluding hydrogens is 1280 g/mol. The molecule has 0 spiro atoms. The van der Waals surface area contributed by atoms with Crippen molar-refractivity contribution < 1.29 is 80.2 Å². The first-order valence-electron chi connectivity index (χ1n) is 37.4. The number of hydrogen-bond donors (Lipinski definition) is 3. The Morgan fingerprint density at radius 2 is 0.531 bits per heavy atom. The van der Waals surface area contributed by atoms with Gasteiger partial charge in [-0.15, -0.1) is 0 Å². The quantitative estimate of drug-likeness (QED) is 0.0169. The van der Waals surface area contributed by atoms with E-state index in [0.29, 0.717) is 25.7 Å². The van der Waals surface area contributed by atoms with Crippen LogP contribution < -0.4 is 0 Å². The van der Waals surface area contributed by atoms with Gasteiger partial charge in [0.15, 0.2) is 12.2 Å². The summed E-state index contributed by atoms with van der Waals surface area (Å²) < 4.78 is 68.4. The first kappa shape index (κ1) is 93.2. The smallest absolute Gasteiger partial charge is 0.462 e. The van der Waals surface area contributed by atoms with E-state index in [9.17, 15) is 43.2 Å². The highest BCUT2D eigenvalue weighted by Gasteiger charge is 2.30. The van der Waals surface area contributed by atoms with E-state index in [1.54, 1.807) is 0 Å². The van der Waals surface area contributed by atoms with Crippen LogP contribution in [0.5, 0.6) is 0 Å². The van der Waals surface area contributed by atoms with Crippen molar-refractivity contribution in [1.82, 2.24) is 0 Å². The summed E-state index contributed by atoms with van der Waals surface area (Å²) in [4.78, 5) is 72.8. The van der Waals surface area contributed by atoms with Crippen molar-refractivity contribution in [2.75, 3.05) is 39.6 Å². The first-order valence-corrected chi connectivity index (χ1v) is 40.4. The van der Waals surface area contributed by atoms with Gasteiger partial charge in [0.2, 0.25) is 0 Å². The Hall–Kier alpha value is -4.80. The molecule has 0 aromatic heterocycles. The van der Waals surface area contributed by atoms with Gasteiger partial charge in [-0.1, -0.05) is 245 Å². The van der Waals surface area contributed by atoms with Gasteiger partial charge >= 0.3 is 39.5 Å². The number of unbranched alkanes of at least 4 members (excludes halogenated alkanes) is 21. The van der Waals surface area contributed by atoms with Crippen LogP contribution in [0.15, 0.2) is 134 Å². The number of aliphatic hydroxyl groups excluding tert-OH is 1. The first-order chi connectivity index (χ1) is 47.7. The van der Waals surface area contributed by atoms with E-state index in [4.69, 9.17) is 37.0 Å². The molecule has 0 heterocycles. The second-order valence-electron chi connectivity index (χ2n) is 24.4. The molecule has 0 aromatic carbocycles. The molecular formula is C79H132O17P2. The van der Waals surface area contributed by atoms with Crippen LogP contribution in [0.1, 0.15) is 285 Å². The summed E-state index contributed by atoms with van der Waals surface area (Å²) in [5.41, 5.74) is 0. The van der Waals surface area contributed by atoms with Crippen LogP contribution in [0.3, 0.4) is 0 Å². The standard InChI is InChI=1S/C79H132O17P2/c1-5-9-13-17-21-25-29-32-35-36-39-41-45-48-52-56-60-64-77(82)89-69-74(95-78(83)65-61-57-53-49-43-28-24-20-16-12-8-4)71-93-97(85,86)91-67-73(80)68-92-98(87,88)94-72-75(96-79(84)66-62-58-54-50-46-42-38-34-31-27-23-19-15-11-7-3)70-90-76(81)63-59-55-51-47-44-40-37-33-30-26-22-18-14-10-6-2/h9-11,13-15,20-27,32-35,37-39,41,73-75,80H,5-8,12,16-19,28-31,36,40,42-72H2,1-4H3,(H,85,86)(H,87,88)/b13-9-,14-10-,15-11-,24-20-,25-21-,26-22-,27-23-,35-32-,37-33-,38-34-,41-39-. The van der Waals surface area contributed by atoms with Crippen molar-refractivity contribution >= 4 is 39.5 Å². The summed E-state index contributed by atoms with van der Waals surface area (Å²) in [6, 6.07) is 0. The molecule has 0 rings (SSSR count). The van der Waals surface area contributed by atoms with Crippen molar-refractivity contribution in [3.05, 3.63) is 134 Å². The van der Waals surface area contributed by atoms with Crippen LogP contribution in [-0.2, 0) is 65.4 Å². The van der Waals surface area contributed by atoms with Crippen LogP contribution in [0.25, 0.3) is 0 Å². The molecule has 19 heteroatoms. The topological polar surface area (TPSA) is 237 Å². The fourth-order valence-corrected chi connectivity index (χ4v) is 11.0. The van der Waals surface area contributed by atoms with Crippen molar-refractivity contribution in [3.8, 4) is 0 Å². The van der Waals surface area contributed by atoms with Crippen molar-refractivity contribution in [1.29, 1.82) is 0 Å². The number of aliphatic hydroxyl groups is 1. The fraction of sp³-hybridized carbons (Fsp3) is 0.671. The Morgan fingerprint density at radius 1 is 0.296 bits per heavy atom. The molecule has 0 aliphatic carbocycles. The zero-order valence-electron chi connectivity index (χ0n) is 60.9. The molecule has 0 radical (unpaired) electrons. The summed E-state index contributed by atoms with van der Waals surface area (Å²) in [6.45, 7) is 4.40. The second kappa shape index (κ2) is 70.6. The van der Waals surface area contributed by atoms with E-state index >= 15 is 0 Å². The van der Waals surface area contributed by atoms with E-state index in [1.165, 1.54) is 12.8 Å². The van der Waals surface area contributed by atoms with Crippen LogP contribution in [-0.4, -0.2) is 96.7 Å². The predicted octanol–water partition coefficient (Wildman–Crippen LogP) is 21.3. The zero-order valence-corrected chi connectivity index (χ0v) is 62.7. The molecule has 0 amide bonds. The minimum atomic E-state index is -4.99. The highest BCUT2D eigenvalue weighted by molar-refractivity contribution is 7.47. The Morgan fingerprint density at radius 3 is 0.827 bits per heavy atom. The molecule has 17 nitrogen and oxygen atoms in total. The molecule has 0 saturated heterocycles. The van der Waals surface area contributed by atoms with E-state index in [2.05, 4.69) is 161 Å². The number of allylic oxidation sites excluding steroid dienone is 22. The van der Waals surface area contributed by atoms with Crippen molar-refractivity contribution in [2.45, 2.75) is 303 Å². The van der Waals surface area contributed by atoms with Crippen LogP contribution in [0.4, 0.5) is 0 Å². The minimum absolute atomic E-state index is 0.0679. The van der Waals surface area contributed by atoms with E-state index < -0.39 is 97.5 Å².